The van der Waals surface area contributed by atoms with Crippen molar-refractivity contribution in [2.45, 2.75) is 52.9 Å². The van der Waals surface area contributed by atoms with Crippen molar-refractivity contribution in [1.82, 2.24) is 14.8 Å². The van der Waals surface area contributed by atoms with E-state index < -0.39 is 0 Å². The molecule has 2 amide bonds. The molecule has 1 spiro atoms. The summed E-state index contributed by atoms with van der Waals surface area (Å²) in [6, 6.07) is 1.47. The molecule has 3 rings (SSSR count). The minimum atomic E-state index is -0.228. The molecule has 1 unspecified atom stereocenters. The van der Waals surface area contributed by atoms with Crippen LogP contribution >= 0.6 is 0 Å². The highest BCUT2D eigenvalue weighted by Crippen LogP contribution is 2.39. The van der Waals surface area contributed by atoms with Crippen LogP contribution in [-0.4, -0.2) is 52.8 Å². The minimum absolute atomic E-state index is 0.0315. The van der Waals surface area contributed by atoms with Gasteiger partial charge >= 0.3 is 0 Å². The molecule has 2 saturated heterocycles. The first-order valence-corrected chi connectivity index (χ1v) is 10.1. The van der Waals surface area contributed by atoms with Gasteiger partial charge in [-0.15, -0.1) is 0 Å². The number of rotatable bonds is 4. The van der Waals surface area contributed by atoms with Gasteiger partial charge in [0.2, 0.25) is 5.91 Å². The number of pyridine rings is 1. The number of likely N-dealkylation sites (tertiary alicyclic amines) is 2. The number of H-pyrrole nitrogens is 1. The van der Waals surface area contributed by atoms with Gasteiger partial charge in [-0.3, -0.25) is 14.4 Å². The number of hydrogen-bond donors (Lipinski definition) is 1. The van der Waals surface area contributed by atoms with Crippen LogP contribution in [0.4, 0.5) is 0 Å². The van der Waals surface area contributed by atoms with Crippen molar-refractivity contribution < 1.29 is 9.59 Å². The Morgan fingerprint density at radius 2 is 2.04 bits per heavy atom. The molecule has 6 nitrogen and oxygen atoms in total. The van der Waals surface area contributed by atoms with Gasteiger partial charge in [0, 0.05) is 56.0 Å². The zero-order chi connectivity index (χ0) is 19.6. The number of hydrogen-bond acceptors (Lipinski definition) is 3. The summed E-state index contributed by atoms with van der Waals surface area (Å²) in [7, 11) is 0. The third kappa shape index (κ3) is 4.42. The third-order valence-corrected chi connectivity index (χ3v) is 5.96. The molecule has 0 aromatic carbocycles. The lowest BCUT2D eigenvalue weighted by molar-refractivity contribution is -0.139. The molecule has 1 aromatic rings. The molecule has 1 atom stereocenters. The lowest BCUT2D eigenvalue weighted by Crippen LogP contribution is -2.55. The quantitative estimate of drug-likeness (QED) is 0.881. The molecule has 2 fully saturated rings. The fraction of sp³-hybridized carbons (Fsp3) is 0.667. The summed E-state index contributed by atoms with van der Waals surface area (Å²) in [5, 5.41) is 0. The predicted molar refractivity (Wildman–Crippen MR) is 105 cm³/mol. The Hall–Kier alpha value is -2.11. The second-order valence-corrected chi connectivity index (χ2v) is 8.72. The minimum Gasteiger partial charge on any atom is -0.364 e. The van der Waals surface area contributed by atoms with Crippen molar-refractivity contribution in [1.29, 1.82) is 0 Å². The molecular formula is C21H31N3O3. The molecule has 6 heteroatoms. The molecule has 3 heterocycles. The topological polar surface area (TPSA) is 73.5 Å². The number of carbonyl (C=O) groups excluding carboxylic acids is 2. The Balaban J connectivity index is 1.73. The van der Waals surface area contributed by atoms with Gasteiger partial charge in [0.1, 0.15) is 5.56 Å². The van der Waals surface area contributed by atoms with Gasteiger partial charge in [0.25, 0.3) is 5.91 Å². The normalized spacial score (nSPS) is 23.3. The smallest absolute Gasteiger partial charge is 0.259 e. The SMILES string of the molecule is Cc1cc(=O)c(C(=O)N2CCCC3(CCC(=O)N(CCC(C)C)C3)C2)c[nH]1. The van der Waals surface area contributed by atoms with E-state index in [-0.39, 0.29) is 28.2 Å². The van der Waals surface area contributed by atoms with Gasteiger partial charge in [-0.05, 0) is 38.5 Å². The zero-order valence-corrected chi connectivity index (χ0v) is 16.7. The second kappa shape index (κ2) is 7.87. The van der Waals surface area contributed by atoms with E-state index in [0.29, 0.717) is 25.4 Å². The number of aryl methyl sites for hydroxylation is 1. The van der Waals surface area contributed by atoms with Crippen molar-refractivity contribution >= 4 is 11.8 Å². The van der Waals surface area contributed by atoms with Crippen molar-refractivity contribution in [3.8, 4) is 0 Å². The van der Waals surface area contributed by atoms with E-state index in [2.05, 4.69) is 18.8 Å². The molecule has 0 radical (unpaired) electrons. The van der Waals surface area contributed by atoms with Crippen molar-refractivity contribution in [3.63, 3.8) is 0 Å². The maximum absolute atomic E-state index is 12.9. The Bertz CT molecular complexity index is 770. The highest BCUT2D eigenvalue weighted by atomic mass is 16.2. The summed E-state index contributed by atoms with van der Waals surface area (Å²) < 4.78 is 0. The predicted octanol–water partition coefficient (Wildman–Crippen LogP) is 2.57. The first kappa shape index (κ1) is 19.6. The van der Waals surface area contributed by atoms with Crippen LogP contribution in [0.5, 0.6) is 0 Å². The average molecular weight is 373 g/mol. The summed E-state index contributed by atoms with van der Waals surface area (Å²) in [6.07, 6.45) is 5.88. The first-order chi connectivity index (χ1) is 12.8. The van der Waals surface area contributed by atoms with Crippen LogP contribution in [0.3, 0.4) is 0 Å². The summed E-state index contributed by atoms with van der Waals surface area (Å²) in [5.74, 6) is 0.606. The molecule has 148 valence electrons. The lowest BCUT2D eigenvalue weighted by Gasteiger charge is -2.48. The fourth-order valence-electron chi connectivity index (χ4n) is 4.35. The van der Waals surface area contributed by atoms with Crippen molar-refractivity contribution in [3.05, 3.63) is 33.7 Å². The number of aromatic amines is 1. The van der Waals surface area contributed by atoms with E-state index in [1.165, 1.54) is 12.3 Å². The molecule has 27 heavy (non-hydrogen) atoms. The lowest BCUT2D eigenvalue weighted by atomic mass is 9.73. The number of carbonyl (C=O) groups is 2. The van der Waals surface area contributed by atoms with Crippen LogP contribution in [-0.2, 0) is 4.79 Å². The number of nitrogens with one attached hydrogen (secondary N) is 1. The molecule has 1 aromatic heterocycles. The number of nitrogens with zero attached hydrogens (tertiary/aromatic N) is 2. The van der Waals surface area contributed by atoms with Gasteiger partial charge in [0.05, 0.1) is 0 Å². The Labute approximate surface area is 160 Å². The average Bonchev–Trinajstić information content (AvgIpc) is 2.62. The Morgan fingerprint density at radius 1 is 1.26 bits per heavy atom. The van der Waals surface area contributed by atoms with E-state index >= 15 is 0 Å². The molecule has 0 saturated carbocycles. The van der Waals surface area contributed by atoms with Crippen molar-refractivity contribution in [2.75, 3.05) is 26.2 Å². The van der Waals surface area contributed by atoms with Crippen LogP contribution in [0.15, 0.2) is 17.1 Å². The number of aromatic nitrogens is 1. The zero-order valence-electron chi connectivity index (χ0n) is 16.7. The van der Waals surface area contributed by atoms with Gasteiger partial charge in [-0.25, -0.2) is 0 Å². The molecule has 0 aliphatic carbocycles. The van der Waals surface area contributed by atoms with E-state index in [1.807, 2.05) is 9.80 Å². The van der Waals surface area contributed by atoms with Gasteiger partial charge in [-0.1, -0.05) is 13.8 Å². The van der Waals surface area contributed by atoms with Crippen LogP contribution < -0.4 is 5.43 Å². The highest BCUT2D eigenvalue weighted by molar-refractivity contribution is 5.94. The largest absolute Gasteiger partial charge is 0.364 e. The van der Waals surface area contributed by atoms with Gasteiger partial charge in [-0.2, -0.15) is 0 Å². The fourth-order valence-corrected chi connectivity index (χ4v) is 4.35. The maximum atomic E-state index is 12.9. The standard InChI is InChI=1S/C21H31N3O3/c1-15(2)6-10-23-13-21(8-5-19(23)26)7-4-9-24(14-21)20(27)17-12-22-16(3)11-18(17)25/h11-12,15H,4-10,13-14H2,1-3H3,(H,22,25). The number of piperidine rings is 2. The highest BCUT2D eigenvalue weighted by Gasteiger charge is 2.42. The van der Waals surface area contributed by atoms with Gasteiger partial charge < -0.3 is 14.8 Å². The van der Waals surface area contributed by atoms with Crippen LogP contribution in [0.1, 0.15) is 62.0 Å². The molecule has 2 aliphatic rings. The summed E-state index contributed by atoms with van der Waals surface area (Å²) in [4.78, 5) is 44.3. The van der Waals surface area contributed by atoms with Crippen LogP contribution in [0.25, 0.3) is 0 Å². The van der Waals surface area contributed by atoms with E-state index in [4.69, 9.17) is 0 Å². The van der Waals surface area contributed by atoms with E-state index in [0.717, 1.165) is 44.5 Å². The second-order valence-electron chi connectivity index (χ2n) is 8.72. The molecule has 0 bridgehead atoms. The van der Waals surface area contributed by atoms with Crippen LogP contribution in [0.2, 0.25) is 0 Å². The Morgan fingerprint density at radius 3 is 2.74 bits per heavy atom. The monoisotopic (exact) mass is 373 g/mol. The Kier molecular flexibility index (Phi) is 5.72. The van der Waals surface area contributed by atoms with Crippen LogP contribution in [0, 0.1) is 18.3 Å². The van der Waals surface area contributed by atoms with E-state index in [9.17, 15) is 14.4 Å². The molecular weight excluding hydrogens is 342 g/mol. The summed E-state index contributed by atoms with van der Waals surface area (Å²) in [5.41, 5.74) is 0.698. The van der Waals surface area contributed by atoms with Gasteiger partial charge in [0.15, 0.2) is 5.43 Å². The maximum Gasteiger partial charge on any atom is 0.259 e. The first-order valence-electron chi connectivity index (χ1n) is 10.1. The van der Waals surface area contributed by atoms with E-state index in [1.54, 1.807) is 6.92 Å². The summed E-state index contributed by atoms with van der Waals surface area (Å²) in [6.45, 7) is 8.97. The third-order valence-electron chi connectivity index (χ3n) is 5.96. The molecule has 2 aliphatic heterocycles. The summed E-state index contributed by atoms with van der Waals surface area (Å²) >= 11 is 0. The molecule has 1 N–H and O–H groups in total. The van der Waals surface area contributed by atoms with Crippen molar-refractivity contribution in [2.24, 2.45) is 11.3 Å². The number of amides is 2.